The number of aromatic nitrogens is 3. The number of nitrogen functional groups attached to an aromatic ring is 1. The molecular weight excluding hydrogens is 406 g/mol. The number of benzene rings is 1. The van der Waals surface area contributed by atoms with Crippen LogP contribution in [0.4, 0.5) is 5.82 Å². The van der Waals surface area contributed by atoms with E-state index in [0.717, 1.165) is 27.4 Å². The van der Waals surface area contributed by atoms with E-state index in [1.165, 1.54) is 6.33 Å². The summed E-state index contributed by atoms with van der Waals surface area (Å²) in [6.45, 7) is 2.21. The number of halogens is 1. The Labute approximate surface area is 178 Å². The molecule has 0 saturated carbocycles. The third kappa shape index (κ3) is 3.85. The molecule has 1 fully saturated rings. The molecule has 3 aromatic rings. The number of nitrogens with two attached hydrogens (primary N) is 1. The summed E-state index contributed by atoms with van der Waals surface area (Å²) >= 11 is 6.44. The topological polar surface area (TPSA) is 114 Å². The number of rotatable bonds is 4. The second-order valence-corrected chi connectivity index (χ2v) is 7.29. The van der Waals surface area contributed by atoms with Crippen LogP contribution in [0.2, 0.25) is 5.02 Å². The Kier molecular flexibility index (Phi) is 5.63. The number of aryl methyl sites for hydroxylation is 1. The molecule has 1 aliphatic heterocycles. The van der Waals surface area contributed by atoms with Crippen molar-refractivity contribution in [3.63, 3.8) is 0 Å². The first-order valence-electron chi connectivity index (χ1n) is 9.46. The van der Waals surface area contributed by atoms with Crippen molar-refractivity contribution in [3.8, 4) is 22.4 Å². The highest BCUT2D eigenvalue weighted by atomic mass is 35.5. The van der Waals surface area contributed by atoms with Gasteiger partial charge in [-0.15, -0.1) is 0 Å². The van der Waals surface area contributed by atoms with Gasteiger partial charge in [-0.2, -0.15) is 0 Å². The number of aliphatic hydroxyl groups is 1. The number of hydrogen-bond donors (Lipinski definition) is 2. The van der Waals surface area contributed by atoms with Crippen molar-refractivity contribution >= 4 is 23.3 Å². The molecule has 0 radical (unpaired) electrons. The zero-order chi connectivity index (χ0) is 21.3. The van der Waals surface area contributed by atoms with E-state index >= 15 is 0 Å². The van der Waals surface area contributed by atoms with Crippen LogP contribution in [-0.2, 0) is 11.3 Å². The van der Waals surface area contributed by atoms with Gasteiger partial charge in [0.15, 0.2) is 0 Å². The van der Waals surface area contributed by atoms with Gasteiger partial charge < -0.3 is 10.8 Å². The predicted octanol–water partition coefficient (Wildman–Crippen LogP) is 2.75. The summed E-state index contributed by atoms with van der Waals surface area (Å²) in [5, 5.41) is 11.0. The molecule has 1 aliphatic rings. The third-order valence-electron chi connectivity index (χ3n) is 4.83. The van der Waals surface area contributed by atoms with Crippen LogP contribution >= 0.6 is 11.6 Å². The fourth-order valence-corrected chi connectivity index (χ4v) is 3.61. The maximum Gasteiger partial charge on any atom is 0.279 e. The monoisotopic (exact) mass is 425 g/mol. The quantitative estimate of drug-likeness (QED) is 0.660. The molecule has 0 spiro atoms. The van der Waals surface area contributed by atoms with Crippen LogP contribution in [0.1, 0.15) is 23.0 Å². The van der Waals surface area contributed by atoms with Crippen molar-refractivity contribution in [2.24, 2.45) is 0 Å². The SMILES string of the molecule is CCc1ncnc(-c2ccc(C(=O)N3CC(O)CO3)c(Cl)c2)c1-c1ccc(N)nc1. The molecule has 9 heteroatoms. The zero-order valence-electron chi connectivity index (χ0n) is 16.2. The lowest BCUT2D eigenvalue weighted by Gasteiger charge is -2.16. The van der Waals surface area contributed by atoms with Gasteiger partial charge in [0.05, 0.1) is 28.5 Å². The summed E-state index contributed by atoms with van der Waals surface area (Å²) in [6, 6.07) is 8.70. The number of hydrogen-bond acceptors (Lipinski definition) is 7. The lowest BCUT2D eigenvalue weighted by Crippen LogP contribution is -2.28. The standard InChI is InChI=1S/C21H20ClN5O3/c1-2-17-19(13-4-6-18(23)24-8-13)20(26-11-25-17)12-3-5-15(16(22)7-12)21(29)27-9-14(28)10-30-27/h3-8,11,14,28H,2,9-10H2,1H3,(H2,23,24). The van der Waals surface area contributed by atoms with Gasteiger partial charge in [-0.3, -0.25) is 9.63 Å². The first kappa shape index (κ1) is 20.2. The highest BCUT2D eigenvalue weighted by Gasteiger charge is 2.28. The van der Waals surface area contributed by atoms with E-state index in [1.54, 1.807) is 30.5 Å². The molecule has 8 nitrogen and oxygen atoms in total. The molecule has 0 aliphatic carbocycles. The number of aliphatic hydroxyl groups excluding tert-OH is 1. The van der Waals surface area contributed by atoms with Crippen molar-refractivity contribution in [1.82, 2.24) is 20.0 Å². The van der Waals surface area contributed by atoms with Gasteiger partial charge in [0.2, 0.25) is 0 Å². The number of amides is 1. The molecule has 154 valence electrons. The van der Waals surface area contributed by atoms with E-state index in [9.17, 15) is 9.90 Å². The van der Waals surface area contributed by atoms with Crippen molar-refractivity contribution < 1.29 is 14.7 Å². The van der Waals surface area contributed by atoms with E-state index in [2.05, 4.69) is 15.0 Å². The summed E-state index contributed by atoms with van der Waals surface area (Å²) in [7, 11) is 0. The van der Waals surface area contributed by atoms with Crippen molar-refractivity contribution in [2.75, 3.05) is 18.9 Å². The van der Waals surface area contributed by atoms with Crippen LogP contribution in [0.5, 0.6) is 0 Å². The number of β-amino-alcohol motifs (C(OH)–C–C–N with tert-alkyl or cyclic N) is 1. The molecule has 3 heterocycles. The van der Waals surface area contributed by atoms with E-state index in [-0.39, 0.29) is 23.7 Å². The molecule has 1 saturated heterocycles. The summed E-state index contributed by atoms with van der Waals surface area (Å²) in [4.78, 5) is 30.9. The minimum Gasteiger partial charge on any atom is -0.389 e. The molecule has 30 heavy (non-hydrogen) atoms. The Morgan fingerprint density at radius 1 is 1.27 bits per heavy atom. The summed E-state index contributed by atoms with van der Waals surface area (Å²) in [5.41, 5.74) is 9.98. The molecule has 1 atom stereocenters. The highest BCUT2D eigenvalue weighted by Crippen LogP contribution is 2.34. The van der Waals surface area contributed by atoms with Gasteiger partial charge in [0.1, 0.15) is 24.9 Å². The second kappa shape index (κ2) is 8.35. The van der Waals surface area contributed by atoms with Gasteiger partial charge >= 0.3 is 0 Å². The van der Waals surface area contributed by atoms with Gasteiger partial charge in [0, 0.05) is 22.9 Å². The minimum atomic E-state index is -0.698. The number of carbonyl (C=O) groups excluding carboxylic acids is 1. The Hall–Kier alpha value is -3.07. The Bertz CT molecular complexity index is 1090. The molecule has 4 rings (SSSR count). The number of hydroxylamine groups is 2. The van der Waals surface area contributed by atoms with Crippen LogP contribution in [0.3, 0.4) is 0 Å². The summed E-state index contributed by atoms with van der Waals surface area (Å²) < 4.78 is 0. The minimum absolute atomic E-state index is 0.0845. The molecular formula is C21H20ClN5O3. The van der Waals surface area contributed by atoms with Gasteiger partial charge in [-0.1, -0.05) is 24.6 Å². The largest absolute Gasteiger partial charge is 0.389 e. The van der Waals surface area contributed by atoms with Crippen LogP contribution < -0.4 is 5.73 Å². The first-order valence-corrected chi connectivity index (χ1v) is 9.84. The average molecular weight is 426 g/mol. The summed E-state index contributed by atoms with van der Waals surface area (Å²) in [5.74, 6) is 0.0263. The lowest BCUT2D eigenvalue weighted by molar-refractivity contribution is -0.0779. The van der Waals surface area contributed by atoms with Crippen LogP contribution in [0.25, 0.3) is 22.4 Å². The van der Waals surface area contributed by atoms with Crippen molar-refractivity contribution in [3.05, 3.63) is 59.1 Å². The fraction of sp³-hybridized carbons (Fsp3) is 0.238. The normalized spacial score (nSPS) is 16.1. The van der Waals surface area contributed by atoms with Gasteiger partial charge in [-0.25, -0.2) is 20.0 Å². The van der Waals surface area contributed by atoms with Crippen LogP contribution in [0, 0.1) is 0 Å². The van der Waals surface area contributed by atoms with Gasteiger partial charge in [-0.05, 0) is 30.7 Å². The van der Waals surface area contributed by atoms with Crippen molar-refractivity contribution in [2.45, 2.75) is 19.4 Å². The number of nitrogens with zero attached hydrogens (tertiary/aromatic N) is 4. The van der Waals surface area contributed by atoms with Crippen molar-refractivity contribution in [1.29, 1.82) is 0 Å². The van der Waals surface area contributed by atoms with Crippen LogP contribution in [-0.4, -0.2) is 50.3 Å². The first-order chi connectivity index (χ1) is 14.5. The molecule has 1 aromatic carbocycles. The van der Waals surface area contributed by atoms with Crippen LogP contribution in [0.15, 0.2) is 42.9 Å². The highest BCUT2D eigenvalue weighted by molar-refractivity contribution is 6.34. The number of pyridine rings is 1. The molecule has 1 unspecified atom stereocenters. The molecule has 0 bridgehead atoms. The Morgan fingerprint density at radius 3 is 2.70 bits per heavy atom. The zero-order valence-corrected chi connectivity index (χ0v) is 17.0. The van der Waals surface area contributed by atoms with Gasteiger partial charge in [0.25, 0.3) is 5.91 Å². The lowest BCUT2D eigenvalue weighted by atomic mass is 9.97. The third-order valence-corrected chi connectivity index (χ3v) is 5.15. The van der Waals surface area contributed by atoms with E-state index in [4.69, 9.17) is 22.2 Å². The predicted molar refractivity (Wildman–Crippen MR) is 112 cm³/mol. The Balaban J connectivity index is 1.75. The maximum atomic E-state index is 12.6. The van der Waals surface area contributed by atoms with E-state index in [0.29, 0.717) is 17.9 Å². The average Bonchev–Trinajstić information content (AvgIpc) is 3.19. The molecule has 1 amide bonds. The van der Waals surface area contributed by atoms with E-state index in [1.807, 2.05) is 13.0 Å². The second-order valence-electron chi connectivity index (χ2n) is 6.88. The summed E-state index contributed by atoms with van der Waals surface area (Å²) in [6.07, 6.45) is 3.20. The molecule has 3 N–H and O–H groups in total. The van der Waals surface area contributed by atoms with E-state index < -0.39 is 12.0 Å². The number of carbonyl (C=O) groups is 1. The number of anilines is 1. The Morgan fingerprint density at radius 2 is 2.07 bits per heavy atom. The molecule has 2 aromatic heterocycles. The fourth-order valence-electron chi connectivity index (χ4n) is 3.35. The maximum absolute atomic E-state index is 12.6. The smallest absolute Gasteiger partial charge is 0.279 e.